The number of hydrogen-bond acceptors (Lipinski definition) is 2. The third-order valence-electron chi connectivity index (χ3n) is 2.31. The van der Waals surface area contributed by atoms with Gasteiger partial charge in [0.05, 0.1) is 6.42 Å². The van der Waals surface area contributed by atoms with E-state index in [1.54, 1.807) is 7.05 Å². The van der Waals surface area contributed by atoms with Gasteiger partial charge in [-0.1, -0.05) is 0 Å². The van der Waals surface area contributed by atoms with Crippen molar-refractivity contribution in [3.63, 3.8) is 0 Å². The van der Waals surface area contributed by atoms with Crippen molar-refractivity contribution in [2.75, 3.05) is 0 Å². The number of rotatable bonds is 2. The predicted molar refractivity (Wildman–Crippen MR) is 55.7 cm³/mol. The summed E-state index contributed by atoms with van der Waals surface area (Å²) in [5, 5.41) is -0.506. The summed E-state index contributed by atoms with van der Waals surface area (Å²) in [6.45, 7) is 3.66. The van der Waals surface area contributed by atoms with E-state index in [0.29, 0.717) is 5.56 Å². The summed E-state index contributed by atoms with van der Waals surface area (Å²) in [6, 6.07) is 1.87. The molecule has 0 N–H and O–H groups in total. The highest BCUT2D eigenvalue weighted by Gasteiger charge is 2.10. The molecule has 0 aliphatic rings. The van der Waals surface area contributed by atoms with Crippen LogP contribution in [-0.4, -0.2) is 9.81 Å². The first-order chi connectivity index (χ1) is 6.43. The number of aromatic nitrogens is 1. The van der Waals surface area contributed by atoms with Crippen LogP contribution in [0.1, 0.15) is 16.8 Å². The second-order valence-electron chi connectivity index (χ2n) is 3.34. The van der Waals surface area contributed by atoms with Gasteiger partial charge in [0, 0.05) is 18.3 Å². The molecule has 0 aliphatic heterocycles. The van der Waals surface area contributed by atoms with Crippen LogP contribution in [0, 0.1) is 13.8 Å². The zero-order valence-electron chi connectivity index (χ0n) is 8.43. The van der Waals surface area contributed by atoms with E-state index in [0.717, 1.165) is 11.3 Å². The van der Waals surface area contributed by atoms with E-state index in [4.69, 9.17) is 11.6 Å². The van der Waals surface area contributed by atoms with Crippen LogP contribution >= 0.6 is 11.6 Å². The van der Waals surface area contributed by atoms with Crippen LogP contribution in [0.3, 0.4) is 0 Å². The molecule has 3 nitrogen and oxygen atoms in total. The van der Waals surface area contributed by atoms with E-state index in [1.807, 2.05) is 19.9 Å². The van der Waals surface area contributed by atoms with E-state index in [9.17, 15) is 9.59 Å². The van der Waals surface area contributed by atoms with Gasteiger partial charge in [0.25, 0.3) is 5.56 Å². The molecule has 0 aromatic carbocycles. The van der Waals surface area contributed by atoms with E-state index in [2.05, 4.69) is 0 Å². The van der Waals surface area contributed by atoms with Gasteiger partial charge in [0.2, 0.25) is 5.24 Å². The Labute approximate surface area is 87.3 Å². The number of carbonyl (C=O) groups excluding carboxylic acids is 1. The largest absolute Gasteiger partial charge is 0.316 e. The van der Waals surface area contributed by atoms with Crippen molar-refractivity contribution < 1.29 is 4.79 Å². The fourth-order valence-corrected chi connectivity index (χ4v) is 1.52. The lowest BCUT2D eigenvalue weighted by atomic mass is 10.1. The molecule has 0 aliphatic carbocycles. The second kappa shape index (κ2) is 3.96. The van der Waals surface area contributed by atoms with Gasteiger partial charge in [-0.25, -0.2) is 0 Å². The van der Waals surface area contributed by atoms with Crippen molar-refractivity contribution >= 4 is 16.8 Å². The lowest BCUT2D eigenvalue weighted by Gasteiger charge is -2.08. The van der Waals surface area contributed by atoms with Gasteiger partial charge in [-0.05, 0) is 37.1 Å². The van der Waals surface area contributed by atoms with E-state index in [-0.39, 0.29) is 12.0 Å². The standard InChI is InChI=1S/C10H12ClNO2/c1-6-4-7(2)12(3)10(14)8(6)5-9(11)13/h4H,5H2,1-3H3. The molecule has 1 aromatic heterocycles. The van der Waals surface area contributed by atoms with Crippen LogP contribution in [-0.2, 0) is 18.3 Å². The normalized spacial score (nSPS) is 10.3. The van der Waals surface area contributed by atoms with E-state index < -0.39 is 5.24 Å². The van der Waals surface area contributed by atoms with Crippen LogP contribution < -0.4 is 5.56 Å². The zero-order chi connectivity index (χ0) is 10.9. The van der Waals surface area contributed by atoms with Gasteiger partial charge in [0.15, 0.2) is 0 Å². The fourth-order valence-electron chi connectivity index (χ4n) is 1.38. The number of hydrogen-bond donors (Lipinski definition) is 0. The highest BCUT2D eigenvalue weighted by Crippen LogP contribution is 2.07. The summed E-state index contributed by atoms with van der Waals surface area (Å²) in [6.07, 6.45) is 0.000340. The number of nitrogens with zero attached hydrogens (tertiary/aromatic N) is 1. The van der Waals surface area contributed by atoms with Crippen molar-refractivity contribution in [3.8, 4) is 0 Å². The minimum Gasteiger partial charge on any atom is -0.316 e. The Morgan fingerprint density at radius 3 is 2.57 bits per heavy atom. The third kappa shape index (κ3) is 2.04. The van der Waals surface area contributed by atoms with Gasteiger partial charge in [0.1, 0.15) is 0 Å². The van der Waals surface area contributed by atoms with Crippen LogP contribution in [0.5, 0.6) is 0 Å². The van der Waals surface area contributed by atoms with Crippen LogP contribution in [0.2, 0.25) is 0 Å². The molecule has 0 radical (unpaired) electrons. The van der Waals surface area contributed by atoms with Crippen molar-refractivity contribution in [2.24, 2.45) is 7.05 Å². The summed E-state index contributed by atoms with van der Waals surface area (Å²) >= 11 is 5.26. The smallest absolute Gasteiger partial charge is 0.254 e. The number of aryl methyl sites for hydroxylation is 2. The predicted octanol–water partition coefficient (Wildman–Crippen LogP) is 1.31. The SMILES string of the molecule is Cc1cc(C)n(C)c(=O)c1CC(=O)Cl. The molecule has 0 amide bonds. The van der Waals surface area contributed by atoms with Crippen LogP contribution in [0.15, 0.2) is 10.9 Å². The first-order valence-electron chi connectivity index (χ1n) is 4.28. The van der Waals surface area contributed by atoms with Gasteiger partial charge in [-0.2, -0.15) is 0 Å². The van der Waals surface area contributed by atoms with Gasteiger partial charge >= 0.3 is 0 Å². The van der Waals surface area contributed by atoms with Crippen molar-refractivity contribution in [2.45, 2.75) is 20.3 Å². The quantitative estimate of drug-likeness (QED) is 0.695. The molecule has 0 unspecified atom stereocenters. The Morgan fingerprint density at radius 1 is 1.50 bits per heavy atom. The first kappa shape index (κ1) is 11.0. The van der Waals surface area contributed by atoms with Gasteiger partial charge < -0.3 is 4.57 Å². The third-order valence-corrected chi connectivity index (χ3v) is 2.44. The molecule has 1 heterocycles. The molecule has 0 bridgehead atoms. The summed E-state index contributed by atoms with van der Waals surface area (Å²) in [5.41, 5.74) is 2.03. The molecule has 0 saturated carbocycles. The Kier molecular flexibility index (Phi) is 3.11. The maximum Gasteiger partial charge on any atom is 0.254 e. The summed E-state index contributed by atoms with van der Waals surface area (Å²) in [4.78, 5) is 22.4. The first-order valence-corrected chi connectivity index (χ1v) is 4.65. The van der Waals surface area contributed by atoms with Crippen molar-refractivity contribution in [1.29, 1.82) is 0 Å². The number of halogens is 1. The van der Waals surface area contributed by atoms with Crippen LogP contribution in [0.4, 0.5) is 0 Å². The molecule has 0 saturated heterocycles. The Morgan fingerprint density at radius 2 is 2.07 bits per heavy atom. The summed E-state index contributed by atoms with van der Waals surface area (Å²) in [7, 11) is 1.68. The molecule has 14 heavy (non-hydrogen) atoms. The average Bonchev–Trinajstić information content (AvgIpc) is 2.09. The van der Waals surface area contributed by atoms with Crippen molar-refractivity contribution in [1.82, 2.24) is 4.57 Å². The maximum atomic E-state index is 11.7. The minimum atomic E-state index is -0.506. The molecule has 1 rings (SSSR count). The van der Waals surface area contributed by atoms with E-state index in [1.165, 1.54) is 4.57 Å². The molecular weight excluding hydrogens is 202 g/mol. The Bertz CT molecular complexity index is 434. The highest BCUT2D eigenvalue weighted by atomic mass is 35.5. The minimum absolute atomic E-state index is 0.000340. The monoisotopic (exact) mass is 213 g/mol. The van der Waals surface area contributed by atoms with E-state index >= 15 is 0 Å². The molecule has 0 fully saturated rings. The lowest BCUT2D eigenvalue weighted by molar-refractivity contribution is -0.111. The maximum absolute atomic E-state index is 11.7. The number of carbonyl (C=O) groups is 1. The summed E-state index contributed by atoms with van der Waals surface area (Å²) < 4.78 is 1.52. The molecular formula is C10H12ClNO2. The molecule has 4 heteroatoms. The molecule has 0 atom stereocenters. The summed E-state index contributed by atoms with van der Waals surface area (Å²) in [5.74, 6) is 0. The fraction of sp³-hybridized carbons (Fsp3) is 0.400. The molecule has 76 valence electrons. The molecule has 0 spiro atoms. The highest BCUT2D eigenvalue weighted by molar-refractivity contribution is 6.63. The zero-order valence-corrected chi connectivity index (χ0v) is 9.18. The van der Waals surface area contributed by atoms with Gasteiger partial charge in [-0.15, -0.1) is 0 Å². The number of pyridine rings is 1. The van der Waals surface area contributed by atoms with Crippen LogP contribution in [0.25, 0.3) is 0 Å². The average molecular weight is 214 g/mol. The van der Waals surface area contributed by atoms with Gasteiger partial charge in [-0.3, -0.25) is 9.59 Å². The Hall–Kier alpha value is -1.09. The van der Waals surface area contributed by atoms with Crippen molar-refractivity contribution in [3.05, 3.63) is 33.2 Å². The Balaban J connectivity index is 3.37. The topological polar surface area (TPSA) is 39.1 Å². The second-order valence-corrected chi connectivity index (χ2v) is 3.76. The lowest BCUT2D eigenvalue weighted by Crippen LogP contribution is -2.25. The molecule has 1 aromatic rings.